The van der Waals surface area contributed by atoms with Gasteiger partial charge in [-0.1, -0.05) is 39.2 Å². The van der Waals surface area contributed by atoms with Gasteiger partial charge in [0.15, 0.2) is 11.5 Å². The van der Waals surface area contributed by atoms with Crippen molar-refractivity contribution in [1.29, 1.82) is 0 Å². The molecule has 0 aliphatic rings. The van der Waals surface area contributed by atoms with Crippen molar-refractivity contribution in [3.63, 3.8) is 0 Å². The van der Waals surface area contributed by atoms with Crippen LogP contribution in [0.15, 0.2) is 6.07 Å². The first kappa shape index (κ1) is 14.9. The van der Waals surface area contributed by atoms with E-state index in [2.05, 4.69) is 13.8 Å². The molecule has 2 nitrogen and oxygen atoms in total. The fourth-order valence-corrected chi connectivity index (χ4v) is 2.32. The molecule has 1 aromatic carbocycles. The molecular weight excluding hydrogens is 224 g/mol. The topological polar surface area (TPSA) is 40.5 Å². The maximum Gasteiger partial charge on any atom is 0.161 e. The molecule has 1 rings (SSSR count). The molecule has 0 radical (unpaired) electrons. The highest BCUT2D eigenvalue weighted by Crippen LogP contribution is 2.36. The molecule has 0 aliphatic carbocycles. The minimum atomic E-state index is 0.0572. The maximum atomic E-state index is 10.1. The van der Waals surface area contributed by atoms with Gasteiger partial charge in [0.05, 0.1) is 0 Å². The summed E-state index contributed by atoms with van der Waals surface area (Å²) in [5.41, 5.74) is 2.94. The lowest BCUT2D eigenvalue weighted by molar-refractivity contribution is 0.395. The van der Waals surface area contributed by atoms with Crippen LogP contribution in [0.1, 0.15) is 62.6 Å². The van der Waals surface area contributed by atoms with Crippen LogP contribution >= 0.6 is 0 Å². The number of hydrogen-bond acceptors (Lipinski definition) is 2. The number of aromatic hydroxyl groups is 2. The molecular formula is C16H26O2. The summed E-state index contributed by atoms with van der Waals surface area (Å²) in [4.78, 5) is 0. The van der Waals surface area contributed by atoms with E-state index in [1.165, 1.54) is 18.4 Å². The Morgan fingerprint density at radius 1 is 0.889 bits per heavy atom. The molecule has 0 amide bonds. The molecule has 18 heavy (non-hydrogen) atoms. The Labute approximate surface area is 111 Å². The summed E-state index contributed by atoms with van der Waals surface area (Å²) < 4.78 is 0. The maximum absolute atomic E-state index is 10.1. The highest BCUT2D eigenvalue weighted by Gasteiger charge is 2.14. The first-order chi connectivity index (χ1) is 8.61. The van der Waals surface area contributed by atoms with Crippen molar-refractivity contribution in [2.24, 2.45) is 0 Å². The van der Waals surface area contributed by atoms with Crippen LogP contribution in [0.5, 0.6) is 11.5 Å². The third-order valence-corrected chi connectivity index (χ3v) is 3.49. The molecule has 0 aromatic heterocycles. The smallest absolute Gasteiger partial charge is 0.161 e. The largest absolute Gasteiger partial charge is 0.504 e. The molecule has 1 aromatic rings. The van der Waals surface area contributed by atoms with Gasteiger partial charge >= 0.3 is 0 Å². The predicted molar refractivity (Wildman–Crippen MR) is 76.3 cm³/mol. The van der Waals surface area contributed by atoms with E-state index in [-0.39, 0.29) is 11.5 Å². The van der Waals surface area contributed by atoms with E-state index in [4.69, 9.17) is 0 Å². The van der Waals surface area contributed by atoms with Gasteiger partial charge in [-0.3, -0.25) is 0 Å². The van der Waals surface area contributed by atoms with Crippen molar-refractivity contribution in [2.45, 2.75) is 65.7 Å². The van der Waals surface area contributed by atoms with Crippen molar-refractivity contribution in [3.8, 4) is 11.5 Å². The second-order valence-corrected chi connectivity index (χ2v) is 5.09. The zero-order valence-electron chi connectivity index (χ0n) is 11.9. The van der Waals surface area contributed by atoms with Crippen LogP contribution in [0.25, 0.3) is 0 Å². The molecule has 0 fully saturated rings. The van der Waals surface area contributed by atoms with Crippen molar-refractivity contribution in [2.75, 3.05) is 0 Å². The molecule has 0 unspecified atom stereocenters. The van der Waals surface area contributed by atoms with E-state index in [0.717, 1.165) is 43.2 Å². The van der Waals surface area contributed by atoms with E-state index in [0.29, 0.717) is 0 Å². The summed E-state index contributed by atoms with van der Waals surface area (Å²) in [7, 11) is 0. The molecule has 102 valence electrons. The lowest BCUT2D eigenvalue weighted by Gasteiger charge is -2.14. The lowest BCUT2D eigenvalue weighted by Crippen LogP contribution is -1.98. The Hall–Kier alpha value is -1.18. The van der Waals surface area contributed by atoms with Crippen molar-refractivity contribution in [1.82, 2.24) is 0 Å². The zero-order chi connectivity index (χ0) is 13.5. The first-order valence-corrected chi connectivity index (χ1v) is 7.15. The minimum Gasteiger partial charge on any atom is -0.504 e. The quantitative estimate of drug-likeness (QED) is 0.553. The fourth-order valence-electron chi connectivity index (χ4n) is 2.32. The number of hydrogen-bond donors (Lipinski definition) is 2. The third kappa shape index (κ3) is 3.66. The van der Waals surface area contributed by atoms with Crippen LogP contribution < -0.4 is 0 Å². The van der Waals surface area contributed by atoms with Gasteiger partial charge in [-0.05, 0) is 43.7 Å². The monoisotopic (exact) mass is 250 g/mol. The van der Waals surface area contributed by atoms with E-state index in [1.807, 2.05) is 13.0 Å². The number of phenolic OH excluding ortho intramolecular Hbond substituents is 2. The average molecular weight is 250 g/mol. The number of benzene rings is 1. The summed E-state index contributed by atoms with van der Waals surface area (Å²) in [6.07, 6.45) is 7.55. The normalized spacial score (nSPS) is 10.8. The Morgan fingerprint density at radius 2 is 1.56 bits per heavy atom. The zero-order valence-corrected chi connectivity index (χ0v) is 11.9. The molecule has 0 aliphatic heterocycles. The summed E-state index contributed by atoms with van der Waals surface area (Å²) in [6.45, 7) is 6.19. The van der Waals surface area contributed by atoms with Crippen LogP contribution in [-0.2, 0) is 12.8 Å². The van der Waals surface area contributed by atoms with Crippen LogP contribution in [0.4, 0.5) is 0 Å². The summed E-state index contributed by atoms with van der Waals surface area (Å²) in [5.74, 6) is 0.166. The minimum absolute atomic E-state index is 0.0572. The highest BCUT2D eigenvalue weighted by molar-refractivity contribution is 5.53. The Bertz CT molecular complexity index is 383. The SMILES string of the molecule is CCCCCc1c(CCCC)cc(C)c(O)c1O. The van der Waals surface area contributed by atoms with Gasteiger partial charge in [0, 0.05) is 5.56 Å². The summed E-state index contributed by atoms with van der Waals surface area (Å²) >= 11 is 0. The molecule has 2 heteroatoms. The second-order valence-electron chi connectivity index (χ2n) is 5.09. The van der Waals surface area contributed by atoms with Gasteiger partial charge in [-0.25, -0.2) is 0 Å². The molecule has 0 heterocycles. The number of phenols is 2. The summed E-state index contributed by atoms with van der Waals surface area (Å²) in [6, 6.07) is 2.03. The van der Waals surface area contributed by atoms with E-state index >= 15 is 0 Å². The van der Waals surface area contributed by atoms with Crippen molar-refractivity contribution >= 4 is 0 Å². The lowest BCUT2D eigenvalue weighted by atomic mass is 9.94. The van der Waals surface area contributed by atoms with Gasteiger partial charge in [-0.2, -0.15) is 0 Å². The van der Waals surface area contributed by atoms with E-state index < -0.39 is 0 Å². The van der Waals surface area contributed by atoms with E-state index in [9.17, 15) is 10.2 Å². The van der Waals surface area contributed by atoms with Gasteiger partial charge in [0.25, 0.3) is 0 Å². The average Bonchev–Trinajstić information content (AvgIpc) is 2.37. The Morgan fingerprint density at radius 3 is 2.17 bits per heavy atom. The van der Waals surface area contributed by atoms with Gasteiger partial charge in [0.2, 0.25) is 0 Å². The highest BCUT2D eigenvalue weighted by atomic mass is 16.3. The van der Waals surface area contributed by atoms with Crippen LogP contribution in [0.2, 0.25) is 0 Å². The third-order valence-electron chi connectivity index (χ3n) is 3.49. The predicted octanol–water partition coefficient (Wildman–Crippen LogP) is 4.48. The van der Waals surface area contributed by atoms with Gasteiger partial charge in [-0.15, -0.1) is 0 Å². The molecule has 0 bridgehead atoms. The summed E-state index contributed by atoms with van der Waals surface area (Å²) in [5, 5.41) is 20.0. The van der Waals surface area contributed by atoms with Gasteiger partial charge in [0.1, 0.15) is 0 Å². The molecule has 0 saturated heterocycles. The number of aryl methyl sites for hydroxylation is 2. The van der Waals surface area contributed by atoms with Crippen molar-refractivity contribution < 1.29 is 10.2 Å². The standard InChI is InChI=1S/C16H26O2/c1-4-6-8-10-14-13(9-7-5-2)11-12(3)15(17)16(14)18/h11,17-18H,4-10H2,1-3H3. The Balaban J connectivity index is 2.97. The Kier molecular flexibility index (Phi) is 6.03. The van der Waals surface area contributed by atoms with Crippen LogP contribution in [-0.4, -0.2) is 10.2 Å². The van der Waals surface area contributed by atoms with Crippen molar-refractivity contribution in [3.05, 3.63) is 22.8 Å². The van der Waals surface area contributed by atoms with E-state index in [1.54, 1.807) is 0 Å². The number of rotatable bonds is 7. The van der Waals surface area contributed by atoms with Crippen LogP contribution in [0, 0.1) is 6.92 Å². The van der Waals surface area contributed by atoms with Crippen LogP contribution in [0.3, 0.4) is 0 Å². The first-order valence-electron chi connectivity index (χ1n) is 7.15. The molecule has 0 saturated carbocycles. The fraction of sp³-hybridized carbons (Fsp3) is 0.625. The number of unbranched alkanes of at least 4 members (excludes halogenated alkanes) is 3. The molecule has 2 N–H and O–H groups in total. The molecule has 0 atom stereocenters. The van der Waals surface area contributed by atoms with Gasteiger partial charge < -0.3 is 10.2 Å². The molecule has 0 spiro atoms. The second kappa shape index (κ2) is 7.30.